The zero-order valence-corrected chi connectivity index (χ0v) is 24.4. The van der Waals surface area contributed by atoms with Crippen LogP contribution in [-0.2, 0) is 32.2 Å². The molecule has 1 aliphatic carbocycles. The summed E-state index contributed by atoms with van der Waals surface area (Å²) in [5.74, 6) is -3.30. The second-order valence-corrected chi connectivity index (χ2v) is 14.1. The zero-order chi connectivity index (χ0) is 31.0. The first kappa shape index (κ1) is 31.3. The summed E-state index contributed by atoms with van der Waals surface area (Å²) in [6.45, 7) is 0.519. The standard InChI is InChI=1S/C27H30F3N3O8S2/c28-27(29,30)22-13-20(31-41-22)21-9-10-23(42-21)43(38,39)32-26(24(35)36)14-19(26)18-8-2-1-5-16(18)6-4-12-40-25(37)33-11-3-7-17(33)15-34/h1-2,5,8-9,13,17,19,23,32,34H,3-4,6-7,10-12,14-15H2,(H,35,36)/t17-,19?,23?,26?/m0/s1. The van der Waals surface area contributed by atoms with Gasteiger partial charge in [0.15, 0.2) is 0 Å². The van der Waals surface area contributed by atoms with Crippen molar-refractivity contribution >= 4 is 38.8 Å². The maximum Gasteiger partial charge on any atom is 0.452 e. The van der Waals surface area contributed by atoms with E-state index in [2.05, 4.69) is 14.4 Å². The summed E-state index contributed by atoms with van der Waals surface area (Å²) in [5, 5.41) is 22.9. The highest BCUT2D eigenvalue weighted by atomic mass is 32.3. The molecule has 16 heteroatoms. The topological polar surface area (TPSA) is 159 Å². The van der Waals surface area contributed by atoms with Crippen LogP contribution in [0.4, 0.5) is 18.0 Å². The van der Waals surface area contributed by atoms with Gasteiger partial charge >= 0.3 is 18.2 Å². The third kappa shape index (κ3) is 6.56. The molecular weight excluding hydrogens is 615 g/mol. The van der Waals surface area contributed by atoms with Gasteiger partial charge < -0.3 is 24.4 Å². The van der Waals surface area contributed by atoms with Crippen LogP contribution in [0.5, 0.6) is 0 Å². The number of ether oxygens (including phenoxy) is 1. The zero-order valence-electron chi connectivity index (χ0n) is 22.7. The molecule has 1 saturated carbocycles. The Morgan fingerprint density at radius 1 is 1.28 bits per heavy atom. The number of nitrogens with zero attached hydrogens (tertiary/aromatic N) is 2. The van der Waals surface area contributed by atoms with E-state index in [-0.39, 0.29) is 42.7 Å². The van der Waals surface area contributed by atoms with E-state index in [0.717, 1.165) is 30.2 Å². The number of alkyl halides is 3. The van der Waals surface area contributed by atoms with Crippen LogP contribution in [0, 0.1) is 0 Å². The second-order valence-electron chi connectivity index (χ2n) is 10.7. The molecule has 2 fully saturated rings. The predicted molar refractivity (Wildman–Crippen MR) is 148 cm³/mol. The van der Waals surface area contributed by atoms with Gasteiger partial charge in [0.1, 0.15) is 15.8 Å². The number of nitrogens with one attached hydrogen (secondary N) is 1. The summed E-state index contributed by atoms with van der Waals surface area (Å²) in [6, 6.07) is 7.52. The summed E-state index contributed by atoms with van der Waals surface area (Å²) in [6.07, 6.45) is -1.42. The number of thioether (sulfide) groups is 1. The van der Waals surface area contributed by atoms with Gasteiger partial charge in [-0.3, -0.25) is 4.79 Å². The van der Waals surface area contributed by atoms with E-state index in [4.69, 9.17) is 4.74 Å². The lowest BCUT2D eigenvalue weighted by Crippen LogP contribution is -2.47. The minimum atomic E-state index is -4.74. The quantitative estimate of drug-likeness (QED) is 0.306. The number of aliphatic hydroxyl groups is 1. The van der Waals surface area contributed by atoms with Crippen molar-refractivity contribution in [2.45, 2.75) is 66.8 Å². The lowest BCUT2D eigenvalue weighted by Gasteiger charge is -2.22. The Morgan fingerprint density at radius 3 is 2.74 bits per heavy atom. The van der Waals surface area contributed by atoms with Gasteiger partial charge in [-0.05, 0) is 49.7 Å². The molecule has 0 radical (unpaired) electrons. The molecule has 2 aromatic rings. The molecule has 1 aromatic carbocycles. The van der Waals surface area contributed by atoms with E-state index < -0.39 is 50.1 Å². The third-order valence-electron chi connectivity index (χ3n) is 7.88. The molecule has 0 bridgehead atoms. The van der Waals surface area contributed by atoms with Gasteiger partial charge in [-0.15, -0.1) is 11.8 Å². The van der Waals surface area contributed by atoms with Gasteiger partial charge in [0, 0.05) is 23.4 Å². The van der Waals surface area contributed by atoms with Crippen LogP contribution >= 0.6 is 11.8 Å². The van der Waals surface area contributed by atoms with Crippen LogP contribution in [0.15, 0.2) is 40.9 Å². The number of carboxylic acid groups (broad SMARTS) is 1. The summed E-state index contributed by atoms with van der Waals surface area (Å²) >= 11 is 0.771. The number of carbonyl (C=O) groups excluding carboxylic acids is 1. The molecule has 43 heavy (non-hydrogen) atoms. The number of likely N-dealkylation sites (tertiary alicyclic amines) is 1. The van der Waals surface area contributed by atoms with Crippen molar-refractivity contribution in [3.8, 4) is 0 Å². The minimum Gasteiger partial charge on any atom is -0.480 e. The Labute approximate surface area is 249 Å². The number of aromatic nitrogens is 1. The number of carbonyl (C=O) groups is 2. The number of benzene rings is 1. The highest BCUT2D eigenvalue weighted by Gasteiger charge is 2.64. The third-order valence-corrected chi connectivity index (χ3v) is 11.5. The van der Waals surface area contributed by atoms with E-state index in [1.807, 2.05) is 6.07 Å². The Balaban J connectivity index is 1.20. The molecule has 0 spiro atoms. The van der Waals surface area contributed by atoms with Gasteiger partial charge in [0.2, 0.25) is 15.8 Å². The largest absolute Gasteiger partial charge is 0.480 e. The lowest BCUT2D eigenvalue weighted by atomic mass is 9.97. The van der Waals surface area contributed by atoms with Crippen molar-refractivity contribution in [3.63, 3.8) is 0 Å². The van der Waals surface area contributed by atoms with E-state index in [0.29, 0.717) is 31.0 Å². The first-order chi connectivity index (χ1) is 20.4. The molecule has 5 rings (SSSR count). The number of halogens is 3. The molecule has 2 aliphatic heterocycles. The smallest absolute Gasteiger partial charge is 0.452 e. The Kier molecular flexibility index (Phi) is 8.84. The summed E-state index contributed by atoms with van der Waals surface area (Å²) < 4.78 is 76.2. The maximum atomic E-state index is 13.3. The lowest BCUT2D eigenvalue weighted by molar-refractivity contribution is -0.155. The number of rotatable bonds is 11. The molecule has 3 N–H and O–H groups in total. The fourth-order valence-corrected chi connectivity index (χ4v) is 8.69. The Morgan fingerprint density at radius 2 is 2.05 bits per heavy atom. The van der Waals surface area contributed by atoms with E-state index in [1.54, 1.807) is 18.2 Å². The van der Waals surface area contributed by atoms with E-state index >= 15 is 0 Å². The van der Waals surface area contributed by atoms with Crippen LogP contribution in [0.2, 0.25) is 0 Å². The average molecular weight is 646 g/mol. The summed E-state index contributed by atoms with van der Waals surface area (Å²) in [5.41, 5.74) is -0.470. The van der Waals surface area contributed by atoms with Crippen LogP contribution in [0.3, 0.4) is 0 Å². The van der Waals surface area contributed by atoms with Gasteiger partial charge in [0.05, 0.1) is 19.3 Å². The Bertz CT molecular complexity index is 1510. The fraction of sp³-hybridized carbons (Fsp3) is 0.519. The van der Waals surface area contributed by atoms with Gasteiger partial charge in [-0.1, -0.05) is 35.5 Å². The fourth-order valence-electron chi connectivity index (χ4n) is 5.54. The van der Waals surface area contributed by atoms with Crippen molar-refractivity contribution in [2.75, 3.05) is 19.8 Å². The average Bonchev–Trinajstić information content (AvgIpc) is 3.45. The van der Waals surface area contributed by atoms with Crippen LogP contribution in [0.1, 0.15) is 60.6 Å². The second kappa shape index (κ2) is 12.1. The number of sulfonamides is 1. The van der Waals surface area contributed by atoms with Crippen molar-refractivity contribution in [2.24, 2.45) is 0 Å². The number of amides is 1. The van der Waals surface area contributed by atoms with Gasteiger partial charge in [-0.2, -0.15) is 17.9 Å². The molecule has 234 valence electrons. The van der Waals surface area contributed by atoms with Crippen LogP contribution < -0.4 is 4.72 Å². The molecule has 1 aromatic heterocycles. The first-order valence-corrected chi connectivity index (χ1v) is 16.1. The van der Waals surface area contributed by atoms with Crippen molar-refractivity contribution in [1.82, 2.24) is 14.8 Å². The van der Waals surface area contributed by atoms with Crippen molar-refractivity contribution < 1.29 is 50.7 Å². The first-order valence-electron chi connectivity index (χ1n) is 13.6. The monoisotopic (exact) mass is 645 g/mol. The number of aliphatic hydroxyl groups excluding tert-OH is 1. The molecule has 3 unspecified atom stereocenters. The molecule has 4 atom stereocenters. The Hall–Kier alpha value is -3.08. The van der Waals surface area contributed by atoms with Crippen molar-refractivity contribution in [1.29, 1.82) is 0 Å². The number of carboxylic acids is 1. The number of aryl methyl sites for hydroxylation is 1. The van der Waals surface area contributed by atoms with Crippen molar-refractivity contribution in [3.05, 3.63) is 59.0 Å². The molecule has 11 nitrogen and oxygen atoms in total. The number of hydrogen-bond acceptors (Lipinski definition) is 9. The molecular formula is C27H30F3N3O8S2. The number of aliphatic carboxylic acids is 1. The van der Waals surface area contributed by atoms with Crippen LogP contribution in [0.25, 0.3) is 4.91 Å². The maximum absolute atomic E-state index is 13.3. The van der Waals surface area contributed by atoms with E-state index in [1.165, 1.54) is 11.0 Å². The highest BCUT2D eigenvalue weighted by molar-refractivity contribution is 8.18. The highest BCUT2D eigenvalue weighted by Crippen LogP contribution is 2.54. The summed E-state index contributed by atoms with van der Waals surface area (Å²) in [4.78, 5) is 26.5. The normalized spacial score (nSPS) is 25.5. The number of allylic oxidation sites excluding steroid dienone is 1. The SMILES string of the molecule is O=C(OCCCc1ccccc1C1CC1(NS(=O)(=O)C1CC=C(c2cc(C(F)(F)F)on2)S1)C(=O)O)N1CCC[C@H]1CO. The van der Waals surface area contributed by atoms with Crippen LogP contribution in [-0.4, -0.2) is 76.7 Å². The molecule has 1 amide bonds. The number of hydrogen-bond donors (Lipinski definition) is 3. The summed E-state index contributed by atoms with van der Waals surface area (Å²) in [7, 11) is -4.24. The molecule has 1 saturated heterocycles. The minimum absolute atomic E-state index is 0.0149. The molecule has 3 heterocycles. The predicted octanol–water partition coefficient (Wildman–Crippen LogP) is 3.95. The van der Waals surface area contributed by atoms with E-state index in [9.17, 15) is 41.4 Å². The van der Waals surface area contributed by atoms with Gasteiger partial charge in [0.25, 0.3) is 0 Å². The van der Waals surface area contributed by atoms with Gasteiger partial charge in [-0.25, -0.2) is 13.2 Å². The molecule has 3 aliphatic rings.